The maximum atomic E-state index is 9.96. The van der Waals surface area contributed by atoms with E-state index >= 15 is 0 Å². The highest BCUT2D eigenvalue weighted by molar-refractivity contribution is 9.09. The Labute approximate surface area is 107 Å². The van der Waals surface area contributed by atoms with Crippen molar-refractivity contribution >= 4 is 27.0 Å². The lowest BCUT2D eigenvalue weighted by molar-refractivity contribution is 0.0174. The molecule has 90 valence electrons. The maximum absolute atomic E-state index is 9.96. The first-order valence-electron chi connectivity index (χ1n) is 5.35. The van der Waals surface area contributed by atoms with E-state index in [1.54, 1.807) is 30.6 Å². The van der Waals surface area contributed by atoms with Crippen LogP contribution in [0.5, 0.6) is 0 Å². The third-order valence-electron chi connectivity index (χ3n) is 2.60. The van der Waals surface area contributed by atoms with Crippen LogP contribution in [0.15, 0.2) is 30.6 Å². The van der Waals surface area contributed by atoms with Crippen LogP contribution in [0, 0.1) is 0 Å². The van der Waals surface area contributed by atoms with E-state index in [-0.39, 0.29) is 0 Å². The number of aromatic nitrogens is 2. The molecule has 2 rings (SSSR count). The van der Waals surface area contributed by atoms with Gasteiger partial charge in [-0.25, -0.2) is 0 Å². The molecule has 1 aromatic carbocycles. The second-order valence-corrected chi connectivity index (χ2v) is 4.59. The summed E-state index contributed by atoms with van der Waals surface area (Å²) in [5, 5.41) is 20.3. The van der Waals surface area contributed by atoms with Crippen LogP contribution in [0.2, 0.25) is 0 Å². The van der Waals surface area contributed by atoms with E-state index in [1.165, 1.54) is 0 Å². The summed E-state index contributed by atoms with van der Waals surface area (Å²) < 4.78 is 0. The summed E-state index contributed by atoms with van der Waals surface area (Å²) in [4.78, 5) is 8.31. The summed E-state index contributed by atoms with van der Waals surface area (Å²) in [5.41, 5.74) is 2.15. The third kappa shape index (κ3) is 2.80. The largest absolute Gasteiger partial charge is 0.390 e. The number of nitrogens with zero attached hydrogens (tertiary/aromatic N) is 2. The predicted molar refractivity (Wildman–Crippen MR) is 68.9 cm³/mol. The number of rotatable bonds is 4. The molecule has 0 amide bonds. The molecule has 0 saturated heterocycles. The molecule has 2 unspecified atom stereocenters. The fraction of sp³-hybridized carbons (Fsp3) is 0.333. The number of aliphatic hydroxyl groups is 2. The Morgan fingerprint density at radius 3 is 2.53 bits per heavy atom. The second kappa shape index (κ2) is 5.53. The number of hydrogen-bond donors (Lipinski definition) is 2. The molecule has 2 atom stereocenters. The van der Waals surface area contributed by atoms with E-state index < -0.39 is 12.2 Å². The van der Waals surface area contributed by atoms with Gasteiger partial charge in [0.25, 0.3) is 0 Å². The molecular weight excluding hydrogens is 284 g/mol. The summed E-state index contributed by atoms with van der Waals surface area (Å²) in [5.74, 6) is 0. The molecule has 0 fully saturated rings. The Morgan fingerprint density at radius 2 is 1.82 bits per heavy atom. The van der Waals surface area contributed by atoms with E-state index in [1.807, 2.05) is 0 Å². The Morgan fingerprint density at radius 1 is 1.12 bits per heavy atom. The molecule has 1 heterocycles. The monoisotopic (exact) mass is 296 g/mol. The van der Waals surface area contributed by atoms with Gasteiger partial charge in [-0.15, -0.1) is 0 Å². The van der Waals surface area contributed by atoms with Crippen LogP contribution in [0.4, 0.5) is 0 Å². The zero-order valence-corrected chi connectivity index (χ0v) is 10.7. The van der Waals surface area contributed by atoms with Crippen molar-refractivity contribution in [2.24, 2.45) is 0 Å². The van der Waals surface area contributed by atoms with E-state index in [2.05, 4.69) is 25.9 Å². The summed E-state index contributed by atoms with van der Waals surface area (Å²) >= 11 is 3.24. The normalized spacial score (nSPS) is 14.8. The summed E-state index contributed by atoms with van der Waals surface area (Å²) in [6, 6.07) is 5.31. The first-order valence-corrected chi connectivity index (χ1v) is 6.47. The van der Waals surface area contributed by atoms with Gasteiger partial charge in [0.2, 0.25) is 0 Å². The van der Waals surface area contributed by atoms with Crippen molar-refractivity contribution in [2.75, 3.05) is 5.33 Å². The molecule has 0 spiro atoms. The summed E-state index contributed by atoms with van der Waals surface area (Å²) in [6.07, 6.45) is 2.06. The van der Waals surface area contributed by atoms with Gasteiger partial charge in [-0.2, -0.15) is 0 Å². The van der Waals surface area contributed by atoms with Crippen LogP contribution in [-0.2, 0) is 0 Å². The third-order valence-corrected chi connectivity index (χ3v) is 3.06. The average molecular weight is 297 g/mol. The number of alkyl halides is 1. The fourth-order valence-corrected chi connectivity index (χ4v) is 2.13. The number of hydrogen-bond acceptors (Lipinski definition) is 4. The molecule has 0 aliphatic rings. The smallest absolute Gasteiger partial charge is 0.105 e. The Bertz CT molecular complexity index is 507. The average Bonchev–Trinajstić information content (AvgIpc) is 2.37. The van der Waals surface area contributed by atoms with Gasteiger partial charge in [-0.05, 0) is 24.1 Å². The maximum Gasteiger partial charge on any atom is 0.105 e. The molecular formula is C12H13BrN2O2. The molecule has 0 aliphatic heterocycles. The summed E-state index contributed by atoms with van der Waals surface area (Å²) in [6.45, 7) is 0. The van der Waals surface area contributed by atoms with Crippen LogP contribution >= 0.6 is 15.9 Å². The van der Waals surface area contributed by atoms with Crippen LogP contribution in [-0.4, -0.2) is 31.6 Å². The van der Waals surface area contributed by atoms with Crippen molar-refractivity contribution in [1.82, 2.24) is 9.97 Å². The molecule has 4 nitrogen and oxygen atoms in total. The highest BCUT2D eigenvalue weighted by atomic mass is 79.9. The van der Waals surface area contributed by atoms with Crippen molar-refractivity contribution in [1.29, 1.82) is 0 Å². The van der Waals surface area contributed by atoms with Crippen molar-refractivity contribution in [3.8, 4) is 0 Å². The standard InChI is InChI=1S/C12H13BrN2O2/c13-4-3-11(16)12(17)8-1-2-9-10(7-8)15-6-5-14-9/h1-2,5-7,11-12,16-17H,3-4H2. The minimum absolute atomic E-state index is 0.500. The van der Waals surface area contributed by atoms with Gasteiger partial charge < -0.3 is 10.2 Å². The van der Waals surface area contributed by atoms with Gasteiger partial charge in [0, 0.05) is 17.7 Å². The van der Waals surface area contributed by atoms with Crippen molar-refractivity contribution in [3.05, 3.63) is 36.2 Å². The molecule has 5 heteroatoms. The van der Waals surface area contributed by atoms with Crippen LogP contribution in [0.1, 0.15) is 18.1 Å². The van der Waals surface area contributed by atoms with Gasteiger partial charge in [-0.1, -0.05) is 22.0 Å². The van der Waals surface area contributed by atoms with Gasteiger partial charge in [-0.3, -0.25) is 9.97 Å². The molecule has 0 saturated carbocycles. The highest BCUT2D eigenvalue weighted by Gasteiger charge is 2.18. The molecule has 2 aromatic rings. The van der Waals surface area contributed by atoms with Crippen molar-refractivity contribution in [3.63, 3.8) is 0 Å². The second-order valence-electron chi connectivity index (χ2n) is 3.79. The zero-order chi connectivity index (χ0) is 12.3. The van der Waals surface area contributed by atoms with E-state index in [0.29, 0.717) is 17.3 Å². The van der Waals surface area contributed by atoms with E-state index in [9.17, 15) is 10.2 Å². The van der Waals surface area contributed by atoms with Gasteiger partial charge in [0.15, 0.2) is 0 Å². The Hall–Kier alpha value is -1.04. The first kappa shape index (κ1) is 12.4. The first-order chi connectivity index (χ1) is 8.22. The fourth-order valence-electron chi connectivity index (χ4n) is 1.66. The topological polar surface area (TPSA) is 66.2 Å². The lowest BCUT2D eigenvalue weighted by atomic mass is 10.0. The Kier molecular flexibility index (Phi) is 4.04. The van der Waals surface area contributed by atoms with Gasteiger partial charge in [0.05, 0.1) is 17.1 Å². The van der Waals surface area contributed by atoms with Crippen LogP contribution < -0.4 is 0 Å². The molecule has 0 radical (unpaired) electrons. The van der Waals surface area contributed by atoms with Gasteiger partial charge in [0.1, 0.15) is 6.10 Å². The molecule has 0 bridgehead atoms. The van der Waals surface area contributed by atoms with Crippen LogP contribution in [0.3, 0.4) is 0 Å². The number of halogens is 1. The van der Waals surface area contributed by atoms with Crippen molar-refractivity contribution in [2.45, 2.75) is 18.6 Å². The summed E-state index contributed by atoms with van der Waals surface area (Å²) in [7, 11) is 0. The molecule has 0 aliphatic carbocycles. The zero-order valence-electron chi connectivity index (χ0n) is 9.12. The SMILES string of the molecule is OC(CCBr)C(O)c1ccc2nccnc2c1. The molecule has 17 heavy (non-hydrogen) atoms. The minimum Gasteiger partial charge on any atom is -0.390 e. The number of aliphatic hydroxyl groups excluding tert-OH is 2. The molecule has 1 aromatic heterocycles. The Balaban J connectivity index is 2.29. The lowest BCUT2D eigenvalue weighted by Gasteiger charge is -2.17. The predicted octanol–water partition coefficient (Wildman–Crippen LogP) is 1.81. The molecule has 2 N–H and O–H groups in total. The van der Waals surface area contributed by atoms with Crippen LogP contribution in [0.25, 0.3) is 11.0 Å². The van der Waals surface area contributed by atoms with Gasteiger partial charge >= 0.3 is 0 Å². The quantitative estimate of drug-likeness (QED) is 0.845. The van der Waals surface area contributed by atoms with Crippen molar-refractivity contribution < 1.29 is 10.2 Å². The highest BCUT2D eigenvalue weighted by Crippen LogP contribution is 2.22. The number of fused-ring (bicyclic) bond motifs is 1. The lowest BCUT2D eigenvalue weighted by Crippen LogP contribution is -2.18. The number of benzene rings is 1. The minimum atomic E-state index is -0.890. The van der Waals surface area contributed by atoms with E-state index in [4.69, 9.17) is 0 Å². The van der Waals surface area contributed by atoms with E-state index in [0.717, 1.165) is 11.0 Å².